The number of hydrogen-bond acceptors (Lipinski definition) is 6. The van der Waals surface area contributed by atoms with E-state index in [2.05, 4.69) is 31.0 Å². The number of ketones is 1. The molecule has 4 rings (SSSR count). The Morgan fingerprint density at radius 1 is 1.09 bits per heavy atom. The van der Waals surface area contributed by atoms with E-state index in [-0.39, 0.29) is 22.0 Å². The van der Waals surface area contributed by atoms with E-state index in [1.165, 1.54) is 17.3 Å². The van der Waals surface area contributed by atoms with E-state index >= 15 is 0 Å². The second-order valence-electron chi connectivity index (χ2n) is 9.59. The number of carbonyl (C=O) groups excluding carboxylic acids is 1. The van der Waals surface area contributed by atoms with Crippen LogP contribution < -0.4 is 5.56 Å². The summed E-state index contributed by atoms with van der Waals surface area (Å²) in [6.45, 7) is 12.0. The largest absolute Gasteiger partial charge is 0.382 e. The lowest BCUT2D eigenvalue weighted by Gasteiger charge is -2.19. The molecule has 2 heterocycles. The fourth-order valence-corrected chi connectivity index (χ4v) is 4.99. The number of Topliss-reactive ketones (excluding diaryl/α,β-unsaturated/α-hetero) is 1. The first-order chi connectivity index (χ1) is 16.7. The van der Waals surface area contributed by atoms with Crippen LogP contribution in [0.4, 0.5) is 0 Å². The van der Waals surface area contributed by atoms with Gasteiger partial charge in [-0.1, -0.05) is 68.9 Å². The summed E-state index contributed by atoms with van der Waals surface area (Å²) in [6.07, 6.45) is 0.691. The topological polar surface area (TPSA) is 78.5 Å². The lowest BCUT2D eigenvalue weighted by Crippen LogP contribution is -2.24. The number of nitrogens with zero attached hydrogens (tertiary/aromatic N) is 4. The molecule has 1 atom stereocenters. The monoisotopic (exact) mass is 492 g/mol. The zero-order valence-corrected chi connectivity index (χ0v) is 21.8. The minimum absolute atomic E-state index is 0.0292. The number of aromatic nitrogens is 4. The summed E-state index contributed by atoms with van der Waals surface area (Å²) in [5.74, 6) is 0.503. The van der Waals surface area contributed by atoms with Gasteiger partial charge >= 0.3 is 0 Å². The minimum Gasteiger partial charge on any atom is -0.382 e. The van der Waals surface area contributed by atoms with Crippen molar-refractivity contribution in [3.63, 3.8) is 0 Å². The Hall–Kier alpha value is -2.97. The van der Waals surface area contributed by atoms with E-state index in [0.717, 1.165) is 5.52 Å². The first-order valence-corrected chi connectivity index (χ1v) is 12.9. The molecule has 1 unspecified atom stereocenters. The van der Waals surface area contributed by atoms with Crippen molar-refractivity contribution >= 4 is 34.2 Å². The number of rotatable bonds is 9. The Balaban J connectivity index is 1.67. The van der Waals surface area contributed by atoms with Gasteiger partial charge in [0.2, 0.25) is 5.78 Å². The van der Waals surface area contributed by atoms with Gasteiger partial charge in [-0.25, -0.2) is 0 Å². The second-order valence-corrected chi connectivity index (χ2v) is 10.9. The fourth-order valence-electron chi connectivity index (χ4n) is 4.06. The predicted octanol–water partition coefficient (Wildman–Crippen LogP) is 5.13. The number of para-hydroxylation sites is 1. The van der Waals surface area contributed by atoms with Crippen LogP contribution in [0.1, 0.15) is 57.0 Å². The molecule has 0 bridgehead atoms. The molecule has 0 saturated heterocycles. The molecule has 0 spiro atoms. The third kappa shape index (κ3) is 5.18. The summed E-state index contributed by atoms with van der Waals surface area (Å²) in [4.78, 5) is 26.4. The Kier molecular flexibility index (Phi) is 7.42. The summed E-state index contributed by atoms with van der Waals surface area (Å²) in [6, 6.07) is 15.3. The number of carbonyl (C=O) groups is 1. The van der Waals surface area contributed by atoms with Crippen LogP contribution in [0.3, 0.4) is 0 Å². The number of thioether (sulfide) groups is 1. The molecule has 0 saturated carbocycles. The lowest BCUT2D eigenvalue weighted by atomic mass is 9.86. The highest BCUT2D eigenvalue weighted by Crippen LogP contribution is 2.28. The van der Waals surface area contributed by atoms with Crippen LogP contribution in [0.15, 0.2) is 58.5 Å². The van der Waals surface area contributed by atoms with E-state index < -0.39 is 0 Å². The maximum Gasteiger partial charge on any atom is 0.262 e. The van der Waals surface area contributed by atoms with Crippen LogP contribution >= 0.6 is 11.8 Å². The summed E-state index contributed by atoms with van der Waals surface area (Å²) in [5.41, 5.74) is 2.52. The first-order valence-electron chi connectivity index (χ1n) is 12.0. The summed E-state index contributed by atoms with van der Waals surface area (Å²) in [5, 5.41) is 9.54. The van der Waals surface area contributed by atoms with E-state index in [1.807, 2.05) is 66.8 Å². The second kappa shape index (κ2) is 10.3. The van der Waals surface area contributed by atoms with Crippen molar-refractivity contribution in [2.24, 2.45) is 0 Å². The normalized spacial score (nSPS) is 12.9. The quantitative estimate of drug-likeness (QED) is 0.183. The molecule has 2 aromatic carbocycles. The average Bonchev–Trinajstić information content (AvgIpc) is 3.26. The highest BCUT2D eigenvalue weighted by Gasteiger charge is 2.23. The van der Waals surface area contributed by atoms with Gasteiger partial charge in [0, 0.05) is 25.3 Å². The molecule has 7 nitrogen and oxygen atoms in total. The molecule has 2 aromatic heterocycles. The van der Waals surface area contributed by atoms with Crippen LogP contribution in [-0.2, 0) is 16.7 Å². The van der Waals surface area contributed by atoms with Gasteiger partial charge in [0.05, 0.1) is 16.2 Å². The maximum atomic E-state index is 13.2. The third-order valence-electron chi connectivity index (χ3n) is 6.04. The molecular weight excluding hydrogens is 460 g/mol. The molecule has 184 valence electrons. The van der Waals surface area contributed by atoms with Crippen LogP contribution in [0.2, 0.25) is 0 Å². The number of fused-ring (bicyclic) bond motifs is 3. The molecule has 0 aliphatic heterocycles. The molecule has 0 aliphatic carbocycles. The summed E-state index contributed by atoms with van der Waals surface area (Å²) in [7, 11) is 0. The Morgan fingerprint density at radius 2 is 1.80 bits per heavy atom. The average molecular weight is 493 g/mol. The van der Waals surface area contributed by atoms with Crippen molar-refractivity contribution in [1.82, 2.24) is 19.2 Å². The fraction of sp³-hybridized carbons (Fsp3) is 0.407. The summed E-state index contributed by atoms with van der Waals surface area (Å²) < 4.78 is 8.98. The van der Waals surface area contributed by atoms with Crippen molar-refractivity contribution in [2.75, 3.05) is 13.2 Å². The molecule has 0 radical (unpaired) electrons. The van der Waals surface area contributed by atoms with E-state index in [4.69, 9.17) is 4.74 Å². The van der Waals surface area contributed by atoms with Gasteiger partial charge in [-0.2, -0.15) is 0 Å². The van der Waals surface area contributed by atoms with Crippen molar-refractivity contribution in [3.05, 3.63) is 70.0 Å². The van der Waals surface area contributed by atoms with E-state index in [0.29, 0.717) is 48.1 Å². The van der Waals surface area contributed by atoms with E-state index in [9.17, 15) is 9.59 Å². The van der Waals surface area contributed by atoms with Crippen molar-refractivity contribution in [1.29, 1.82) is 0 Å². The number of ether oxygens (including phenoxy) is 1. The molecule has 8 heteroatoms. The Bertz CT molecular complexity index is 1400. The highest BCUT2D eigenvalue weighted by molar-refractivity contribution is 8.00. The number of benzene rings is 2. The lowest BCUT2D eigenvalue weighted by molar-refractivity contribution is 0.0993. The van der Waals surface area contributed by atoms with Gasteiger partial charge in [0.25, 0.3) is 5.56 Å². The standard InChI is InChI=1S/C27H32N4O3S/c1-6-34-17-9-16-30-24(33)21-10-7-8-11-22(21)31-25(30)28-29-26(31)35-18(2)23(32)19-12-14-20(15-13-19)27(3,4)5/h7-8,10-15,18H,6,9,16-17H2,1-5H3. The molecule has 0 fully saturated rings. The zero-order chi connectivity index (χ0) is 25.2. The zero-order valence-electron chi connectivity index (χ0n) is 20.9. The van der Waals surface area contributed by atoms with Crippen molar-refractivity contribution < 1.29 is 9.53 Å². The van der Waals surface area contributed by atoms with Gasteiger partial charge in [-0.15, -0.1) is 10.2 Å². The van der Waals surface area contributed by atoms with Crippen LogP contribution in [0.5, 0.6) is 0 Å². The Labute approximate surface area is 209 Å². The predicted molar refractivity (Wildman–Crippen MR) is 141 cm³/mol. The van der Waals surface area contributed by atoms with Crippen LogP contribution in [0.25, 0.3) is 16.7 Å². The molecule has 0 aliphatic rings. The van der Waals surface area contributed by atoms with E-state index in [1.54, 1.807) is 4.57 Å². The van der Waals surface area contributed by atoms with Crippen LogP contribution in [0, 0.1) is 0 Å². The Morgan fingerprint density at radius 3 is 2.49 bits per heavy atom. The summed E-state index contributed by atoms with van der Waals surface area (Å²) >= 11 is 1.35. The highest BCUT2D eigenvalue weighted by atomic mass is 32.2. The van der Waals surface area contributed by atoms with Gasteiger partial charge in [-0.05, 0) is 43.4 Å². The van der Waals surface area contributed by atoms with Crippen LogP contribution in [-0.4, -0.2) is 43.4 Å². The SMILES string of the molecule is CCOCCCn1c(=O)c2ccccc2n2c(SC(C)C(=O)c3ccc(C(C)(C)C)cc3)nnc12. The maximum absolute atomic E-state index is 13.2. The van der Waals surface area contributed by atoms with Crippen molar-refractivity contribution in [2.45, 2.75) is 63.4 Å². The molecular formula is C27H32N4O3S. The minimum atomic E-state index is -0.375. The number of hydrogen-bond donors (Lipinski definition) is 0. The van der Waals surface area contributed by atoms with Gasteiger partial charge in [0.15, 0.2) is 10.9 Å². The van der Waals surface area contributed by atoms with Gasteiger partial charge in [-0.3, -0.25) is 18.6 Å². The molecule has 0 N–H and O–H groups in total. The smallest absolute Gasteiger partial charge is 0.262 e. The van der Waals surface area contributed by atoms with Gasteiger partial charge < -0.3 is 4.74 Å². The first kappa shape index (κ1) is 25.1. The number of aryl methyl sites for hydroxylation is 1. The molecule has 4 aromatic rings. The van der Waals surface area contributed by atoms with Crippen molar-refractivity contribution in [3.8, 4) is 0 Å². The third-order valence-corrected chi connectivity index (χ3v) is 7.08. The molecule has 35 heavy (non-hydrogen) atoms. The molecule has 0 amide bonds. The van der Waals surface area contributed by atoms with Gasteiger partial charge in [0.1, 0.15) is 0 Å².